The molecule has 2 N–H and O–H groups in total. The van der Waals surface area contributed by atoms with Crippen molar-refractivity contribution in [2.24, 2.45) is 0 Å². The van der Waals surface area contributed by atoms with Gasteiger partial charge in [0.1, 0.15) is 6.04 Å². The molecule has 3 atom stereocenters. The van der Waals surface area contributed by atoms with Gasteiger partial charge in [-0.15, -0.1) is 0 Å². The maximum Gasteiger partial charge on any atom is 0.320 e. The highest BCUT2D eigenvalue weighted by atomic mass is 16.4. The molecule has 1 unspecified atom stereocenters. The maximum absolute atomic E-state index is 14.9. The maximum atomic E-state index is 14.9. The minimum Gasteiger partial charge on any atom is -0.480 e. The molecule has 2 fully saturated rings. The summed E-state index contributed by atoms with van der Waals surface area (Å²) in [4.78, 5) is 28.9. The van der Waals surface area contributed by atoms with Gasteiger partial charge < -0.3 is 10.4 Å². The Hall–Kier alpha value is -3.28. The van der Waals surface area contributed by atoms with E-state index in [1.54, 1.807) is 0 Å². The standard InChI is InChI=1S/C30H32N2O3/c33-28(27(23-13-6-2-7-14-23)24-15-8-3-9-16-24)30(20-22-11-4-1-5-12-22)17-10-18-32(30)25-19-26(29(34)35)31-21-25/h1-9,11-16,25-27,31H,10,17-21H2,(H,34,35)/t25-,26-,30?/m0/s1. The molecule has 5 heteroatoms. The summed E-state index contributed by atoms with van der Waals surface area (Å²) in [5.41, 5.74) is 2.43. The van der Waals surface area contributed by atoms with Gasteiger partial charge in [-0.3, -0.25) is 14.5 Å². The summed E-state index contributed by atoms with van der Waals surface area (Å²) < 4.78 is 0. The van der Waals surface area contributed by atoms with Crippen LogP contribution in [0.3, 0.4) is 0 Å². The van der Waals surface area contributed by atoms with Gasteiger partial charge in [-0.25, -0.2) is 0 Å². The van der Waals surface area contributed by atoms with Gasteiger partial charge >= 0.3 is 5.97 Å². The van der Waals surface area contributed by atoms with Crippen molar-refractivity contribution in [2.75, 3.05) is 13.1 Å². The summed E-state index contributed by atoms with van der Waals surface area (Å²) in [6.07, 6.45) is 2.83. The number of benzene rings is 3. The summed E-state index contributed by atoms with van der Waals surface area (Å²) in [5.74, 6) is -1.00. The quantitative estimate of drug-likeness (QED) is 0.517. The van der Waals surface area contributed by atoms with Crippen molar-refractivity contribution >= 4 is 11.8 Å². The van der Waals surface area contributed by atoms with E-state index in [2.05, 4.69) is 22.3 Å². The highest BCUT2D eigenvalue weighted by molar-refractivity contribution is 5.97. The molecule has 2 saturated heterocycles. The lowest BCUT2D eigenvalue weighted by Gasteiger charge is -2.43. The lowest BCUT2D eigenvalue weighted by atomic mass is 9.74. The Balaban J connectivity index is 1.59. The van der Waals surface area contributed by atoms with Crippen LogP contribution in [0.4, 0.5) is 0 Å². The summed E-state index contributed by atoms with van der Waals surface area (Å²) in [6.45, 7) is 1.38. The minimum atomic E-state index is -0.821. The fourth-order valence-corrected chi connectivity index (χ4v) is 6.10. The first-order valence-corrected chi connectivity index (χ1v) is 12.5. The molecule has 2 aliphatic rings. The highest BCUT2D eigenvalue weighted by Crippen LogP contribution is 2.42. The van der Waals surface area contributed by atoms with E-state index in [4.69, 9.17) is 0 Å². The van der Waals surface area contributed by atoms with E-state index in [0.717, 1.165) is 36.1 Å². The largest absolute Gasteiger partial charge is 0.480 e. The van der Waals surface area contributed by atoms with E-state index in [1.807, 2.05) is 78.9 Å². The fraction of sp³-hybridized carbons (Fsp3) is 0.333. The predicted molar refractivity (Wildman–Crippen MR) is 136 cm³/mol. The van der Waals surface area contributed by atoms with Crippen LogP contribution in [0.5, 0.6) is 0 Å². The third kappa shape index (κ3) is 4.66. The molecule has 2 aliphatic heterocycles. The van der Waals surface area contributed by atoms with Crippen molar-refractivity contribution in [3.63, 3.8) is 0 Å². The van der Waals surface area contributed by atoms with E-state index in [9.17, 15) is 14.7 Å². The summed E-state index contributed by atoms with van der Waals surface area (Å²) in [7, 11) is 0. The molecule has 5 nitrogen and oxygen atoms in total. The number of hydrogen-bond acceptors (Lipinski definition) is 4. The Bertz CT molecular complexity index is 1110. The second-order valence-corrected chi connectivity index (χ2v) is 9.80. The van der Waals surface area contributed by atoms with Crippen LogP contribution in [-0.4, -0.2) is 52.5 Å². The van der Waals surface area contributed by atoms with Crippen molar-refractivity contribution in [2.45, 2.75) is 49.2 Å². The van der Waals surface area contributed by atoms with Crippen molar-refractivity contribution in [1.82, 2.24) is 10.2 Å². The number of nitrogens with zero attached hydrogens (tertiary/aromatic N) is 1. The number of likely N-dealkylation sites (tertiary alicyclic amines) is 1. The monoisotopic (exact) mass is 468 g/mol. The molecule has 0 amide bonds. The van der Waals surface area contributed by atoms with Crippen LogP contribution in [0.2, 0.25) is 0 Å². The van der Waals surface area contributed by atoms with Gasteiger partial charge in [0.15, 0.2) is 5.78 Å². The molecule has 0 spiro atoms. The van der Waals surface area contributed by atoms with Gasteiger partial charge in [0.05, 0.1) is 11.5 Å². The van der Waals surface area contributed by atoms with Crippen LogP contribution in [-0.2, 0) is 16.0 Å². The van der Waals surface area contributed by atoms with E-state index in [1.165, 1.54) is 0 Å². The first kappa shape index (κ1) is 23.5. The molecule has 0 aliphatic carbocycles. The second kappa shape index (κ2) is 10.1. The predicted octanol–water partition coefficient (Wildman–Crippen LogP) is 4.28. The molecule has 3 aromatic rings. The summed E-state index contributed by atoms with van der Waals surface area (Å²) in [6, 6.07) is 29.8. The van der Waals surface area contributed by atoms with Crippen molar-refractivity contribution in [1.29, 1.82) is 0 Å². The Morgan fingerprint density at radius 3 is 2.03 bits per heavy atom. The van der Waals surface area contributed by atoms with Crippen molar-refractivity contribution in [3.05, 3.63) is 108 Å². The van der Waals surface area contributed by atoms with Gasteiger partial charge in [-0.05, 0) is 48.9 Å². The SMILES string of the molecule is O=C(O)[C@@H]1C[C@H](N2CCCC2(Cc2ccccc2)C(=O)C(c2ccccc2)c2ccccc2)CN1. The first-order valence-electron chi connectivity index (χ1n) is 12.5. The Morgan fingerprint density at radius 2 is 1.49 bits per heavy atom. The molecule has 180 valence electrons. The molecule has 35 heavy (non-hydrogen) atoms. The molecule has 5 rings (SSSR count). The first-order chi connectivity index (χ1) is 17.1. The zero-order chi connectivity index (χ0) is 24.3. The van der Waals surface area contributed by atoms with Crippen LogP contribution in [0.1, 0.15) is 41.9 Å². The number of carbonyl (C=O) groups is 2. The third-order valence-electron chi connectivity index (χ3n) is 7.71. The smallest absolute Gasteiger partial charge is 0.320 e. The van der Waals surface area contributed by atoms with E-state index < -0.39 is 17.6 Å². The number of carboxylic acid groups (broad SMARTS) is 1. The lowest BCUT2D eigenvalue weighted by Crippen LogP contribution is -2.58. The zero-order valence-electron chi connectivity index (χ0n) is 19.8. The number of rotatable bonds is 8. The molecule has 0 radical (unpaired) electrons. The number of nitrogens with one attached hydrogen (secondary N) is 1. The molecule has 0 aromatic heterocycles. The normalized spacial score (nSPS) is 24.6. The van der Waals surface area contributed by atoms with Gasteiger partial charge in [-0.2, -0.15) is 0 Å². The molecule has 2 heterocycles. The number of ketones is 1. The number of carbonyl (C=O) groups excluding carboxylic acids is 1. The third-order valence-corrected chi connectivity index (χ3v) is 7.71. The van der Waals surface area contributed by atoms with E-state index >= 15 is 0 Å². The molecular formula is C30H32N2O3. The average Bonchev–Trinajstić information content (AvgIpc) is 3.54. The van der Waals surface area contributed by atoms with Crippen molar-refractivity contribution < 1.29 is 14.7 Å². The van der Waals surface area contributed by atoms with Crippen LogP contribution >= 0.6 is 0 Å². The fourth-order valence-electron chi connectivity index (χ4n) is 6.10. The summed E-state index contributed by atoms with van der Waals surface area (Å²) in [5, 5.41) is 12.7. The zero-order valence-corrected chi connectivity index (χ0v) is 19.8. The van der Waals surface area contributed by atoms with Crippen molar-refractivity contribution in [3.8, 4) is 0 Å². The molecule has 3 aromatic carbocycles. The molecule has 0 bridgehead atoms. The Morgan fingerprint density at radius 1 is 0.914 bits per heavy atom. The molecular weight excluding hydrogens is 436 g/mol. The number of Topliss-reactive ketones (excluding diaryl/α,β-unsaturated/α-hetero) is 1. The van der Waals surface area contributed by atoms with Crippen LogP contribution in [0.25, 0.3) is 0 Å². The average molecular weight is 469 g/mol. The van der Waals surface area contributed by atoms with Crippen LogP contribution in [0.15, 0.2) is 91.0 Å². The highest BCUT2D eigenvalue weighted by Gasteiger charge is 2.53. The van der Waals surface area contributed by atoms with Gasteiger partial charge in [0, 0.05) is 12.6 Å². The molecule has 0 saturated carbocycles. The number of aliphatic carboxylic acids is 1. The number of hydrogen-bond donors (Lipinski definition) is 2. The van der Waals surface area contributed by atoms with Gasteiger partial charge in [0.25, 0.3) is 0 Å². The number of carboxylic acids is 1. The van der Waals surface area contributed by atoms with Gasteiger partial charge in [0.2, 0.25) is 0 Å². The lowest BCUT2D eigenvalue weighted by molar-refractivity contribution is -0.139. The second-order valence-electron chi connectivity index (χ2n) is 9.80. The Kier molecular flexibility index (Phi) is 6.80. The van der Waals surface area contributed by atoms with Crippen LogP contribution < -0.4 is 5.32 Å². The van der Waals surface area contributed by atoms with Crippen LogP contribution in [0, 0.1) is 0 Å². The topological polar surface area (TPSA) is 69.6 Å². The summed E-state index contributed by atoms with van der Waals surface area (Å²) >= 11 is 0. The van der Waals surface area contributed by atoms with Gasteiger partial charge in [-0.1, -0.05) is 91.0 Å². The van der Waals surface area contributed by atoms with E-state index in [-0.39, 0.29) is 17.7 Å². The Labute approximate surface area is 206 Å². The van der Waals surface area contributed by atoms with E-state index in [0.29, 0.717) is 19.4 Å². The minimum absolute atomic E-state index is 0.0125.